The van der Waals surface area contributed by atoms with Crippen LogP contribution in [0.3, 0.4) is 0 Å². The third-order valence-corrected chi connectivity index (χ3v) is 3.21. The second kappa shape index (κ2) is 3.29. The lowest BCUT2D eigenvalue weighted by Crippen LogP contribution is -2.52. The molecule has 13 heavy (non-hydrogen) atoms. The zero-order valence-electron chi connectivity index (χ0n) is 8.42. The SMILES string of the molecule is C[C@@H]1C[C@H]1C(=O)N1CCNC[C@H]1C. The second-order valence-corrected chi connectivity index (χ2v) is 4.40. The lowest BCUT2D eigenvalue weighted by Gasteiger charge is -2.34. The Labute approximate surface area is 79.5 Å². The number of amides is 1. The van der Waals surface area contributed by atoms with E-state index in [1.165, 1.54) is 0 Å². The molecule has 1 aliphatic carbocycles. The summed E-state index contributed by atoms with van der Waals surface area (Å²) in [5.41, 5.74) is 0. The lowest BCUT2D eigenvalue weighted by molar-refractivity contribution is -0.135. The van der Waals surface area contributed by atoms with Crippen LogP contribution < -0.4 is 5.32 Å². The van der Waals surface area contributed by atoms with Crippen LogP contribution in [0, 0.1) is 11.8 Å². The number of nitrogens with zero attached hydrogens (tertiary/aromatic N) is 1. The van der Waals surface area contributed by atoms with Crippen molar-refractivity contribution in [2.45, 2.75) is 26.3 Å². The maximum atomic E-state index is 11.9. The summed E-state index contributed by atoms with van der Waals surface area (Å²) in [5, 5.41) is 3.30. The number of hydrogen-bond acceptors (Lipinski definition) is 2. The Kier molecular flexibility index (Phi) is 2.28. The van der Waals surface area contributed by atoms with Crippen LogP contribution in [0.5, 0.6) is 0 Å². The molecule has 0 aromatic heterocycles. The fourth-order valence-corrected chi connectivity index (χ4v) is 2.05. The van der Waals surface area contributed by atoms with Gasteiger partial charge in [-0.25, -0.2) is 0 Å². The Morgan fingerprint density at radius 3 is 2.69 bits per heavy atom. The van der Waals surface area contributed by atoms with Crippen LogP contribution in [-0.4, -0.2) is 36.5 Å². The van der Waals surface area contributed by atoms with Gasteiger partial charge in [-0.3, -0.25) is 4.79 Å². The molecule has 3 nitrogen and oxygen atoms in total. The highest BCUT2D eigenvalue weighted by atomic mass is 16.2. The Morgan fingerprint density at radius 1 is 1.46 bits per heavy atom. The largest absolute Gasteiger partial charge is 0.337 e. The molecule has 0 aromatic rings. The van der Waals surface area contributed by atoms with Gasteiger partial charge in [-0.1, -0.05) is 6.92 Å². The molecule has 1 amide bonds. The first kappa shape index (κ1) is 9.00. The van der Waals surface area contributed by atoms with E-state index >= 15 is 0 Å². The van der Waals surface area contributed by atoms with Crippen molar-refractivity contribution in [2.24, 2.45) is 11.8 Å². The molecule has 2 rings (SSSR count). The van der Waals surface area contributed by atoms with E-state index in [1.807, 2.05) is 4.90 Å². The Balaban J connectivity index is 1.94. The Hall–Kier alpha value is -0.570. The van der Waals surface area contributed by atoms with Gasteiger partial charge >= 0.3 is 0 Å². The van der Waals surface area contributed by atoms with Gasteiger partial charge in [-0.15, -0.1) is 0 Å². The number of piperazine rings is 1. The number of carbonyl (C=O) groups excluding carboxylic acids is 1. The third kappa shape index (κ3) is 1.70. The minimum absolute atomic E-state index is 0.348. The van der Waals surface area contributed by atoms with Crippen LogP contribution in [0.15, 0.2) is 0 Å². The zero-order valence-corrected chi connectivity index (χ0v) is 8.42. The molecular formula is C10H18N2O. The minimum Gasteiger partial charge on any atom is -0.337 e. The van der Waals surface area contributed by atoms with Gasteiger partial charge in [0.1, 0.15) is 0 Å². The van der Waals surface area contributed by atoms with Gasteiger partial charge < -0.3 is 10.2 Å². The van der Waals surface area contributed by atoms with Gasteiger partial charge in [0.25, 0.3) is 0 Å². The highest BCUT2D eigenvalue weighted by Crippen LogP contribution is 2.39. The average molecular weight is 182 g/mol. The summed E-state index contributed by atoms with van der Waals surface area (Å²) in [5.74, 6) is 1.37. The van der Waals surface area contributed by atoms with Gasteiger partial charge in [0, 0.05) is 31.6 Å². The monoisotopic (exact) mass is 182 g/mol. The van der Waals surface area contributed by atoms with Crippen molar-refractivity contribution in [1.82, 2.24) is 10.2 Å². The normalized spacial score (nSPS) is 38.9. The fraction of sp³-hybridized carbons (Fsp3) is 0.900. The summed E-state index contributed by atoms with van der Waals surface area (Å²) >= 11 is 0. The third-order valence-electron chi connectivity index (χ3n) is 3.21. The first-order chi connectivity index (χ1) is 6.20. The number of carbonyl (C=O) groups is 1. The number of rotatable bonds is 1. The standard InChI is InChI=1S/C10H18N2O/c1-7-5-9(7)10(13)12-4-3-11-6-8(12)2/h7-9,11H,3-6H2,1-2H3/t7-,8-,9-/m1/s1. The molecule has 0 radical (unpaired) electrons. The first-order valence-corrected chi connectivity index (χ1v) is 5.21. The Bertz CT molecular complexity index is 217. The van der Waals surface area contributed by atoms with Crippen LogP contribution in [0.2, 0.25) is 0 Å². The van der Waals surface area contributed by atoms with Crippen molar-refractivity contribution in [3.8, 4) is 0 Å². The molecule has 1 N–H and O–H groups in total. The topological polar surface area (TPSA) is 32.3 Å². The second-order valence-electron chi connectivity index (χ2n) is 4.40. The molecule has 1 saturated heterocycles. The highest BCUT2D eigenvalue weighted by molar-refractivity contribution is 5.82. The summed E-state index contributed by atoms with van der Waals surface area (Å²) in [4.78, 5) is 13.9. The lowest BCUT2D eigenvalue weighted by atomic mass is 10.2. The molecule has 1 saturated carbocycles. The summed E-state index contributed by atoms with van der Waals surface area (Å²) in [6.07, 6.45) is 1.11. The van der Waals surface area contributed by atoms with Crippen LogP contribution in [0.1, 0.15) is 20.3 Å². The molecule has 1 aliphatic heterocycles. The van der Waals surface area contributed by atoms with E-state index in [0.29, 0.717) is 23.8 Å². The fourth-order valence-electron chi connectivity index (χ4n) is 2.05. The summed E-state index contributed by atoms with van der Waals surface area (Å²) in [7, 11) is 0. The van der Waals surface area contributed by atoms with Crippen LogP contribution in [-0.2, 0) is 4.79 Å². The maximum Gasteiger partial charge on any atom is 0.226 e. The molecule has 0 unspecified atom stereocenters. The smallest absolute Gasteiger partial charge is 0.226 e. The van der Waals surface area contributed by atoms with E-state index in [0.717, 1.165) is 26.1 Å². The van der Waals surface area contributed by atoms with E-state index in [9.17, 15) is 4.79 Å². The van der Waals surface area contributed by atoms with Gasteiger partial charge in [0.05, 0.1) is 0 Å². The van der Waals surface area contributed by atoms with E-state index in [4.69, 9.17) is 0 Å². The van der Waals surface area contributed by atoms with E-state index in [2.05, 4.69) is 19.2 Å². The molecule has 3 heteroatoms. The van der Waals surface area contributed by atoms with Crippen molar-refractivity contribution in [1.29, 1.82) is 0 Å². The molecule has 1 heterocycles. The minimum atomic E-state index is 0.348. The van der Waals surface area contributed by atoms with Crippen LogP contribution >= 0.6 is 0 Å². The highest BCUT2D eigenvalue weighted by Gasteiger charge is 2.42. The van der Waals surface area contributed by atoms with E-state index < -0.39 is 0 Å². The molecule has 2 aliphatic rings. The van der Waals surface area contributed by atoms with Crippen molar-refractivity contribution in [2.75, 3.05) is 19.6 Å². The van der Waals surface area contributed by atoms with Gasteiger partial charge in [-0.05, 0) is 19.3 Å². The van der Waals surface area contributed by atoms with Crippen molar-refractivity contribution in [3.63, 3.8) is 0 Å². The maximum absolute atomic E-state index is 11.9. The average Bonchev–Trinajstić information content (AvgIpc) is 2.82. The number of hydrogen-bond donors (Lipinski definition) is 1. The summed E-state index contributed by atoms with van der Waals surface area (Å²) in [6.45, 7) is 7.08. The quantitative estimate of drug-likeness (QED) is 0.639. The molecule has 74 valence electrons. The van der Waals surface area contributed by atoms with Crippen molar-refractivity contribution in [3.05, 3.63) is 0 Å². The van der Waals surface area contributed by atoms with Crippen LogP contribution in [0.4, 0.5) is 0 Å². The van der Waals surface area contributed by atoms with Gasteiger partial charge in [-0.2, -0.15) is 0 Å². The van der Waals surface area contributed by atoms with Crippen molar-refractivity contribution >= 4 is 5.91 Å². The van der Waals surface area contributed by atoms with Gasteiger partial charge in [0.15, 0.2) is 0 Å². The predicted octanol–water partition coefficient (Wildman–Crippen LogP) is 0.463. The van der Waals surface area contributed by atoms with Crippen molar-refractivity contribution < 1.29 is 4.79 Å². The molecule has 2 fully saturated rings. The molecule has 0 spiro atoms. The zero-order chi connectivity index (χ0) is 9.42. The van der Waals surface area contributed by atoms with Gasteiger partial charge in [0.2, 0.25) is 5.91 Å². The first-order valence-electron chi connectivity index (χ1n) is 5.21. The molecular weight excluding hydrogens is 164 g/mol. The molecule has 0 bridgehead atoms. The molecule has 3 atom stereocenters. The van der Waals surface area contributed by atoms with E-state index in [1.54, 1.807) is 0 Å². The molecule has 0 aromatic carbocycles. The van der Waals surface area contributed by atoms with E-state index in [-0.39, 0.29) is 0 Å². The Morgan fingerprint density at radius 2 is 2.15 bits per heavy atom. The summed E-state index contributed by atoms with van der Waals surface area (Å²) in [6, 6.07) is 0.383. The number of nitrogens with one attached hydrogen (secondary N) is 1. The summed E-state index contributed by atoms with van der Waals surface area (Å²) < 4.78 is 0. The van der Waals surface area contributed by atoms with Crippen LogP contribution in [0.25, 0.3) is 0 Å². The predicted molar refractivity (Wildman–Crippen MR) is 51.3 cm³/mol.